The molecule has 1 aromatic carbocycles. The molecule has 0 bridgehead atoms. The van der Waals surface area contributed by atoms with E-state index in [1.165, 1.54) is 0 Å². The number of aliphatic hydroxyl groups is 1. The van der Waals surface area contributed by atoms with Crippen LogP contribution < -0.4 is 4.74 Å². The Morgan fingerprint density at radius 3 is 3.00 bits per heavy atom. The molecule has 0 spiro atoms. The number of hydrogen-bond acceptors (Lipinski definition) is 3. The maximum atomic E-state index is 10.1. The summed E-state index contributed by atoms with van der Waals surface area (Å²) < 4.78 is 10.5. The molecule has 3 nitrogen and oxygen atoms in total. The van der Waals surface area contributed by atoms with Crippen LogP contribution in [-0.2, 0) is 11.2 Å². The van der Waals surface area contributed by atoms with E-state index in [2.05, 4.69) is 0 Å². The Balaban J connectivity index is 2.01. The molecule has 2 rings (SSSR count). The van der Waals surface area contributed by atoms with E-state index in [9.17, 15) is 5.11 Å². The SMILES string of the molecule is COc1ccccc1CC(O)C1CCOC1. The number of methoxy groups -OCH3 is 1. The van der Waals surface area contributed by atoms with Crippen molar-refractivity contribution >= 4 is 0 Å². The van der Waals surface area contributed by atoms with Gasteiger partial charge in [-0.2, -0.15) is 0 Å². The quantitative estimate of drug-likeness (QED) is 0.841. The first-order chi connectivity index (χ1) is 7.81. The topological polar surface area (TPSA) is 38.7 Å². The summed E-state index contributed by atoms with van der Waals surface area (Å²) in [5.74, 6) is 1.12. The zero-order valence-electron chi connectivity index (χ0n) is 9.56. The van der Waals surface area contributed by atoms with Crippen LogP contribution in [0.15, 0.2) is 24.3 Å². The zero-order valence-corrected chi connectivity index (χ0v) is 9.56. The Morgan fingerprint density at radius 1 is 1.50 bits per heavy atom. The summed E-state index contributed by atoms with van der Waals surface area (Å²) in [6.07, 6.45) is 1.26. The van der Waals surface area contributed by atoms with E-state index in [1.54, 1.807) is 7.11 Å². The van der Waals surface area contributed by atoms with Gasteiger partial charge in [-0.15, -0.1) is 0 Å². The average Bonchev–Trinajstić information content (AvgIpc) is 2.83. The summed E-state index contributed by atoms with van der Waals surface area (Å²) in [5.41, 5.74) is 1.06. The van der Waals surface area contributed by atoms with E-state index >= 15 is 0 Å². The third kappa shape index (κ3) is 2.54. The molecular weight excluding hydrogens is 204 g/mol. The normalized spacial score (nSPS) is 22.0. The predicted octanol–water partition coefficient (Wildman–Crippen LogP) is 1.64. The minimum Gasteiger partial charge on any atom is -0.496 e. The number of hydrogen-bond donors (Lipinski definition) is 1. The minimum absolute atomic E-state index is 0.268. The number of ether oxygens (including phenoxy) is 2. The molecule has 2 atom stereocenters. The lowest BCUT2D eigenvalue weighted by Gasteiger charge is -2.17. The van der Waals surface area contributed by atoms with Gasteiger partial charge < -0.3 is 14.6 Å². The summed E-state index contributed by atoms with van der Waals surface area (Å²) in [7, 11) is 1.66. The minimum atomic E-state index is -0.334. The van der Waals surface area contributed by atoms with Gasteiger partial charge in [-0.1, -0.05) is 18.2 Å². The molecule has 3 heteroatoms. The summed E-state index contributed by atoms with van der Waals surface area (Å²) in [6, 6.07) is 7.83. The van der Waals surface area contributed by atoms with Crippen molar-refractivity contribution in [3.8, 4) is 5.75 Å². The van der Waals surface area contributed by atoms with Gasteiger partial charge in [0.05, 0.1) is 19.8 Å². The van der Waals surface area contributed by atoms with Crippen LogP contribution in [0.3, 0.4) is 0 Å². The van der Waals surface area contributed by atoms with Gasteiger partial charge in [0.15, 0.2) is 0 Å². The Labute approximate surface area is 96.0 Å². The maximum Gasteiger partial charge on any atom is 0.122 e. The highest BCUT2D eigenvalue weighted by atomic mass is 16.5. The molecular formula is C13H18O3. The second-order valence-electron chi connectivity index (χ2n) is 4.21. The molecule has 1 aliphatic heterocycles. The number of rotatable bonds is 4. The molecule has 1 saturated heterocycles. The molecule has 0 saturated carbocycles. The first-order valence-electron chi connectivity index (χ1n) is 5.69. The van der Waals surface area contributed by atoms with Crippen molar-refractivity contribution in [1.29, 1.82) is 0 Å². The largest absolute Gasteiger partial charge is 0.496 e. The van der Waals surface area contributed by atoms with Gasteiger partial charge >= 0.3 is 0 Å². The first kappa shape index (κ1) is 11.4. The molecule has 0 aliphatic carbocycles. The third-order valence-electron chi connectivity index (χ3n) is 3.13. The Bertz CT molecular complexity index is 332. The third-order valence-corrected chi connectivity index (χ3v) is 3.13. The van der Waals surface area contributed by atoms with Gasteiger partial charge in [-0.3, -0.25) is 0 Å². The van der Waals surface area contributed by atoms with E-state index in [0.717, 1.165) is 24.3 Å². The molecule has 1 N–H and O–H groups in total. The van der Waals surface area contributed by atoms with Gasteiger partial charge in [0, 0.05) is 18.9 Å². The fraction of sp³-hybridized carbons (Fsp3) is 0.538. The van der Waals surface area contributed by atoms with E-state index in [0.29, 0.717) is 13.0 Å². The Kier molecular flexibility index (Phi) is 3.80. The van der Waals surface area contributed by atoms with Crippen molar-refractivity contribution in [2.45, 2.75) is 18.9 Å². The van der Waals surface area contributed by atoms with E-state index in [4.69, 9.17) is 9.47 Å². The van der Waals surface area contributed by atoms with Crippen molar-refractivity contribution in [3.63, 3.8) is 0 Å². The lowest BCUT2D eigenvalue weighted by Crippen LogP contribution is -2.23. The second kappa shape index (κ2) is 5.32. The summed E-state index contributed by atoms with van der Waals surface area (Å²) in [6.45, 7) is 1.45. The average molecular weight is 222 g/mol. The first-order valence-corrected chi connectivity index (χ1v) is 5.69. The highest BCUT2D eigenvalue weighted by molar-refractivity contribution is 5.33. The van der Waals surface area contributed by atoms with Crippen LogP contribution in [0.25, 0.3) is 0 Å². The van der Waals surface area contributed by atoms with E-state index < -0.39 is 0 Å². The van der Waals surface area contributed by atoms with Crippen molar-refractivity contribution in [1.82, 2.24) is 0 Å². The molecule has 1 heterocycles. The van der Waals surface area contributed by atoms with Gasteiger partial charge in [0.2, 0.25) is 0 Å². The van der Waals surface area contributed by atoms with Gasteiger partial charge in [-0.25, -0.2) is 0 Å². The summed E-state index contributed by atoms with van der Waals surface area (Å²) >= 11 is 0. The highest BCUT2D eigenvalue weighted by Crippen LogP contribution is 2.24. The van der Waals surface area contributed by atoms with Crippen LogP contribution in [0.1, 0.15) is 12.0 Å². The second-order valence-corrected chi connectivity index (χ2v) is 4.21. The smallest absolute Gasteiger partial charge is 0.122 e. The molecule has 1 aliphatic rings. The van der Waals surface area contributed by atoms with Gasteiger partial charge in [-0.05, 0) is 18.1 Å². The molecule has 1 aromatic rings. The Morgan fingerprint density at radius 2 is 2.31 bits per heavy atom. The molecule has 88 valence electrons. The van der Waals surface area contributed by atoms with Crippen LogP contribution in [0.5, 0.6) is 5.75 Å². The van der Waals surface area contributed by atoms with E-state index in [-0.39, 0.29) is 12.0 Å². The monoisotopic (exact) mass is 222 g/mol. The summed E-state index contributed by atoms with van der Waals surface area (Å²) in [4.78, 5) is 0. The van der Waals surface area contributed by atoms with Crippen molar-refractivity contribution in [3.05, 3.63) is 29.8 Å². The fourth-order valence-corrected chi connectivity index (χ4v) is 2.12. The van der Waals surface area contributed by atoms with Crippen LogP contribution in [0.4, 0.5) is 0 Å². The molecule has 1 fully saturated rings. The lowest BCUT2D eigenvalue weighted by molar-refractivity contribution is 0.0913. The highest BCUT2D eigenvalue weighted by Gasteiger charge is 2.24. The number of para-hydroxylation sites is 1. The van der Waals surface area contributed by atoms with Gasteiger partial charge in [0.1, 0.15) is 5.75 Å². The van der Waals surface area contributed by atoms with Crippen molar-refractivity contribution < 1.29 is 14.6 Å². The molecule has 16 heavy (non-hydrogen) atoms. The molecule has 2 unspecified atom stereocenters. The van der Waals surface area contributed by atoms with Gasteiger partial charge in [0.25, 0.3) is 0 Å². The van der Waals surface area contributed by atoms with Crippen LogP contribution in [0.2, 0.25) is 0 Å². The predicted molar refractivity (Wildman–Crippen MR) is 61.6 cm³/mol. The maximum absolute atomic E-state index is 10.1. The van der Waals surface area contributed by atoms with Crippen LogP contribution in [-0.4, -0.2) is 31.5 Å². The van der Waals surface area contributed by atoms with Crippen molar-refractivity contribution in [2.24, 2.45) is 5.92 Å². The summed E-state index contributed by atoms with van der Waals surface area (Å²) in [5, 5.41) is 10.1. The van der Waals surface area contributed by atoms with E-state index in [1.807, 2.05) is 24.3 Å². The van der Waals surface area contributed by atoms with Crippen molar-refractivity contribution in [2.75, 3.05) is 20.3 Å². The van der Waals surface area contributed by atoms with Crippen LogP contribution >= 0.6 is 0 Å². The standard InChI is InChI=1S/C13H18O3/c1-15-13-5-3-2-4-10(13)8-12(14)11-6-7-16-9-11/h2-5,11-12,14H,6-9H2,1H3. The molecule has 0 radical (unpaired) electrons. The van der Waals surface area contributed by atoms with Crippen LogP contribution in [0, 0.1) is 5.92 Å². The fourth-order valence-electron chi connectivity index (χ4n) is 2.12. The molecule has 0 aromatic heterocycles. The molecule has 0 amide bonds. The lowest BCUT2D eigenvalue weighted by atomic mass is 9.95. The zero-order chi connectivity index (χ0) is 11.4. The Hall–Kier alpha value is -1.06. The number of aliphatic hydroxyl groups excluding tert-OH is 1. The number of benzene rings is 1.